The molecule has 2 N–H and O–H groups in total. The number of benzene rings is 2. The van der Waals surface area contributed by atoms with Gasteiger partial charge in [0.05, 0.1) is 11.1 Å². The Morgan fingerprint density at radius 1 is 0.600 bits per heavy atom. The fraction of sp³-hybridized carbons (Fsp3) is 0.100. The van der Waals surface area contributed by atoms with E-state index in [1.165, 1.54) is 0 Å². The van der Waals surface area contributed by atoms with Crippen LogP contribution in [0.15, 0.2) is 48.5 Å². The van der Waals surface area contributed by atoms with Crippen LogP contribution < -0.4 is 0 Å². The lowest BCUT2D eigenvalue weighted by atomic mass is 10.1. The second kappa shape index (κ2) is 10.0. The number of halogens is 6. The molecule has 0 aromatic heterocycles. The molecule has 2 aromatic carbocycles. The van der Waals surface area contributed by atoms with Crippen molar-refractivity contribution in [2.75, 3.05) is 0 Å². The molecule has 10 heteroatoms. The number of alkyl halides is 6. The maximum absolute atomic E-state index is 12.1. The molecule has 0 amide bonds. The van der Waals surface area contributed by atoms with E-state index < -0.39 is 35.4 Å². The quantitative estimate of drug-likeness (QED) is 0.485. The van der Waals surface area contributed by atoms with Gasteiger partial charge in [-0.1, -0.05) is 11.8 Å². The molecule has 0 bridgehead atoms. The molecule has 0 fully saturated rings. The minimum absolute atomic E-state index is 0.227. The Bertz CT molecular complexity index is 927. The van der Waals surface area contributed by atoms with E-state index in [-0.39, 0.29) is 11.1 Å². The van der Waals surface area contributed by atoms with Gasteiger partial charge in [-0.05, 0) is 48.5 Å². The van der Waals surface area contributed by atoms with Gasteiger partial charge in [-0.2, -0.15) is 26.3 Å². The summed E-state index contributed by atoms with van der Waals surface area (Å²) in [7, 11) is 0. The largest absolute Gasteiger partial charge is 0.472 e. The minimum atomic E-state index is -4.39. The van der Waals surface area contributed by atoms with E-state index in [9.17, 15) is 35.9 Å². The first-order chi connectivity index (χ1) is 13.8. The minimum Gasteiger partial charge on any atom is -0.472 e. The highest BCUT2D eigenvalue weighted by Crippen LogP contribution is 2.29. The summed E-state index contributed by atoms with van der Waals surface area (Å²) in [6.07, 6.45) is -8.78. The predicted molar refractivity (Wildman–Crippen MR) is 91.9 cm³/mol. The summed E-state index contributed by atoms with van der Waals surface area (Å²) in [6.45, 7) is 0. The molecule has 0 heterocycles. The van der Waals surface area contributed by atoms with Gasteiger partial charge in [0.15, 0.2) is 0 Å². The van der Waals surface area contributed by atoms with Gasteiger partial charge in [0, 0.05) is 23.0 Å². The van der Waals surface area contributed by atoms with Crippen LogP contribution in [0.25, 0.3) is 0 Å². The van der Waals surface area contributed by atoms with E-state index >= 15 is 0 Å². The number of hydrogen-bond donors (Lipinski definition) is 2. The van der Waals surface area contributed by atoms with Crippen LogP contribution in [0.3, 0.4) is 0 Å². The van der Waals surface area contributed by atoms with Gasteiger partial charge in [0.2, 0.25) is 0 Å². The zero-order valence-corrected chi connectivity index (χ0v) is 14.6. The topological polar surface area (TPSA) is 74.6 Å². The fourth-order valence-electron chi connectivity index (χ4n) is 1.74. The number of hydrogen-bond acceptors (Lipinski definition) is 2. The van der Waals surface area contributed by atoms with Gasteiger partial charge in [-0.15, -0.1) is 0 Å². The van der Waals surface area contributed by atoms with Crippen molar-refractivity contribution in [2.45, 2.75) is 12.4 Å². The number of carboxylic acid groups (broad SMARTS) is 2. The number of rotatable bonds is 0. The van der Waals surface area contributed by atoms with E-state index in [0.29, 0.717) is 0 Å². The molecular formula is C20H10F6O4. The summed E-state index contributed by atoms with van der Waals surface area (Å²) in [5.41, 5.74) is -1.12. The van der Waals surface area contributed by atoms with Crippen molar-refractivity contribution in [2.24, 2.45) is 0 Å². The maximum Gasteiger partial charge on any atom is 0.416 e. The van der Waals surface area contributed by atoms with Gasteiger partial charge in [0.1, 0.15) is 0 Å². The Hall–Kier alpha value is -3.92. The Morgan fingerprint density at radius 2 is 0.867 bits per heavy atom. The van der Waals surface area contributed by atoms with Crippen LogP contribution in [0, 0.1) is 23.7 Å². The van der Waals surface area contributed by atoms with Crippen molar-refractivity contribution in [1.29, 1.82) is 0 Å². The molecule has 0 aliphatic heterocycles. The molecule has 156 valence electrons. The summed E-state index contributed by atoms with van der Waals surface area (Å²) >= 11 is 0. The zero-order valence-electron chi connectivity index (χ0n) is 14.6. The van der Waals surface area contributed by atoms with Crippen molar-refractivity contribution in [3.63, 3.8) is 0 Å². The van der Waals surface area contributed by atoms with Crippen molar-refractivity contribution in [3.05, 3.63) is 70.8 Å². The third-order valence-corrected chi connectivity index (χ3v) is 3.05. The average Bonchev–Trinajstić information content (AvgIpc) is 2.64. The maximum atomic E-state index is 12.1. The molecule has 4 nitrogen and oxygen atoms in total. The molecular weight excluding hydrogens is 418 g/mol. The van der Waals surface area contributed by atoms with Crippen molar-refractivity contribution < 1.29 is 46.1 Å². The molecule has 0 saturated carbocycles. The van der Waals surface area contributed by atoms with Gasteiger partial charge in [-0.25, -0.2) is 9.59 Å². The Labute approximate surface area is 165 Å². The highest BCUT2D eigenvalue weighted by Gasteiger charge is 2.30. The van der Waals surface area contributed by atoms with Crippen LogP contribution in [0.2, 0.25) is 0 Å². The van der Waals surface area contributed by atoms with Crippen LogP contribution in [0.5, 0.6) is 0 Å². The standard InChI is InChI=1S/2C10H5F3O2/c2*11-10(12,13)8-4-1-7(2-5-8)3-6-9(14)15/h2*1-2,4-5H,(H,14,15). The highest BCUT2D eigenvalue weighted by molar-refractivity contribution is 5.87. The fourth-order valence-corrected chi connectivity index (χ4v) is 1.74. The molecule has 0 unspecified atom stereocenters. The molecule has 2 aromatic rings. The van der Waals surface area contributed by atoms with E-state index in [0.717, 1.165) is 48.5 Å². The van der Waals surface area contributed by atoms with Crippen molar-refractivity contribution >= 4 is 11.9 Å². The summed E-state index contributed by atoms with van der Waals surface area (Å²) in [5, 5.41) is 16.4. The average molecular weight is 428 g/mol. The lowest BCUT2D eigenvalue weighted by molar-refractivity contribution is -0.138. The van der Waals surface area contributed by atoms with E-state index in [2.05, 4.69) is 11.8 Å². The normalized spacial score (nSPS) is 10.3. The molecule has 0 aliphatic carbocycles. The summed E-state index contributed by atoms with van der Waals surface area (Å²) in [5.74, 6) is 5.37. The van der Waals surface area contributed by atoms with Crippen LogP contribution in [-0.2, 0) is 21.9 Å². The Morgan fingerprint density at radius 3 is 1.07 bits per heavy atom. The molecule has 0 spiro atoms. The second-order valence-electron chi connectivity index (χ2n) is 5.26. The second-order valence-corrected chi connectivity index (χ2v) is 5.26. The van der Waals surface area contributed by atoms with E-state index in [4.69, 9.17) is 10.2 Å². The molecule has 0 saturated heterocycles. The smallest absolute Gasteiger partial charge is 0.416 e. The Balaban J connectivity index is 0.000000300. The van der Waals surface area contributed by atoms with Gasteiger partial charge >= 0.3 is 24.3 Å². The molecule has 30 heavy (non-hydrogen) atoms. The SMILES string of the molecule is O=C(O)C#Cc1ccc(C(F)(F)F)cc1.O=C(O)C#Cc1ccc(C(F)(F)F)cc1. The summed E-state index contributed by atoms with van der Waals surface area (Å²) in [6, 6.07) is 7.91. The van der Waals surface area contributed by atoms with Gasteiger partial charge < -0.3 is 10.2 Å². The first-order valence-electron chi connectivity index (χ1n) is 7.63. The lowest BCUT2D eigenvalue weighted by Gasteiger charge is -2.05. The molecule has 2 rings (SSSR count). The van der Waals surface area contributed by atoms with Crippen LogP contribution in [-0.4, -0.2) is 22.2 Å². The first kappa shape index (κ1) is 24.1. The molecule has 0 radical (unpaired) electrons. The Kier molecular flexibility index (Phi) is 8.06. The third-order valence-electron chi connectivity index (χ3n) is 3.05. The van der Waals surface area contributed by atoms with E-state index in [1.807, 2.05) is 0 Å². The van der Waals surface area contributed by atoms with Gasteiger partial charge in [-0.3, -0.25) is 0 Å². The highest BCUT2D eigenvalue weighted by atomic mass is 19.4. The molecule has 0 atom stereocenters. The van der Waals surface area contributed by atoms with Crippen molar-refractivity contribution in [3.8, 4) is 23.7 Å². The summed E-state index contributed by atoms with van der Waals surface area (Å²) < 4.78 is 72.6. The zero-order chi connectivity index (χ0) is 22.9. The van der Waals surface area contributed by atoms with Crippen LogP contribution in [0.4, 0.5) is 26.3 Å². The predicted octanol–water partition coefficient (Wildman–Crippen LogP) is 4.28. The lowest BCUT2D eigenvalue weighted by Crippen LogP contribution is -2.04. The van der Waals surface area contributed by atoms with E-state index in [1.54, 1.807) is 11.8 Å². The monoisotopic (exact) mass is 428 g/mol. The number of aliphatic carboxylic acids is 2. The number of carboxylic acids is 2. The first-order valence-corrected chi connectivity index (χ1v) is 7.63. The summed E-state index contributed by atoms with van der Waals surface area (Å²) in [4.78, 5) is 20.1. The van der Waals surface area contributed by atoms with Gasteiger partial charge in [0.25, 0.3) is 0 Å². The van der Waals surface area contributed by atoms with Crippen LogP contribution in [0.1, 0.15) is 22.3 Å². The van der Waals surface area contributed by atoms with Crippen LogP contribution >= 0.6 is 0 Å². The van der Waals surface area contributed by atoms with Crippen molar-refractivity contribution in [1.82, 2.24) is 0 Å². The molecule has 0 aliphatic rings. The third kappa shape index (κ3) is 8.85. The number of carbonyl (C=O) groups is 2.